The summed E-state index contributed by atoms with van der Waals surface area (Å²) in [6, 6.07) is 11.2. The van der Waals surface area contributed by atoms with Gasteiger partial charge in [0.05, 0.1) is 11.0 Å². The van der Waals surface area contributed by atoms with E-state index in [1.807, 2.05) is 0 Å². The van der Waals surface area contributed by atoms with Gasteiger partial charge in [0.25, 0.3) is 0 Å². The van der Waals surface area contributed by atoms with Crippen LogP contribution in [0, 0.1) is 18.6 Å². The number of aryl methyl sites for hydroxylation is 2. The van der Waals surface area contributed by atoms with E-state index < -0.39 is 29.0 Å². The van der Waals surface area contributed by atoms with Crippen molar-refractivity contribution in [3.05, 3.63) is 81.2 Å². The Morgan fingerprint density at radius 2 is 1.81 bits per heavy atom. The number of carbonyl (C=O) groups excluding carboxylic acids is 1. The molecule has 164 valence electrons. The van der Waals surface area contributed by atoms with Gasteiger partial charge in [0, 0.05) is 23.3 Å². The maximum absolute atomic E-state index is 14.2. The first kappa shape index (κ1) is 21.6. The first-order chi connectivity index (χ1) is 15.2. The third kappa shape index (κ3) is 3.85. The van der Waals surface area contributed by atoms with E-state index in [-0.39, 0.29) is 11.6 Å². The molecule has 6 nitrogen and oxygen atoms in total. The molecule has 0 aliphatic carbocycles. The summed E-state index contributed by atoms with van der Waals surface area (Å²) in [5.41, 5.74) is 2.00. The van der Waals surface area contributed by atoms with Gasteiger partial charge in [-0.05, 0) is 66.6 Å². The Morgan fingerprint density at radius 1 is 1.12 bits per heavy atom. The number of imidazole rings is 1. The fraction of sp³-hybridized carbons (Fsp3) is 0.130. The van der Waals surface area contributed by atoms with Gasteiger partial charge in [-0.1, -0.05) is 11.6 Å². The van der Waals surface area contributed by atoms with Gasteiger partial charge in [0.15, 0.2) is 11.6 Å². The molecule has 0 aliphatic heterocycles. The number of aromatic hydroxyl groups is 1. The van der Waals surface area contributed by atoms with Gasteiger partial charge in [-0.15, -0.1) is 0 Å². The van der Waals surface area contributed by atoms with Crippen LogP contribution in [0.2, 0.25) is 5.02 Å². The molecule has 0 radical (unpaired) electrons. The first-order valence-corrected chi connectivity index (χ1v) is 9.97. The second-order valence-corrected chi connectivity index (χ2v) is 7.86. The van der Waals surface area contributed by atoms with Crippen LogP contribution in [0.4, 0.5) is 14.5 Å². The zero-order valence-electron chi connectivity index (χ0n) is 17.1. The molecule has 1 amide bonds. The summed E-state index contributed by atoms with van der Waals surface area (Å²) in [4.78, 5) is 25.5. The molecular formula is C23H18ClF2N3O3. The number of rotatable bonds is 4. The van der Waals surface area contributed by atoms with E-state index in [1.54, 1.807) is 32.2 Å². The number of phenolic OH excluding ortho intramolecular Hbond substituents is 1. The second-order valence-electron chi connectivity index (χ2n) is 7.43. The quantitative estimate of drug-likeness (QED) is 0.470. The molecule has 2 N–H and O–H groups in total. The minimum absolute atomic E-state index is 0.289. The van der Waals surface area contributed by atoms with Gasteiger partial charge in [-0.2, -0.15) is 0 Å². The summed E-state index contributed by atoms with van der Waals surface area (Å²) in [6.45, 7) is 1.25. The molecule has 1 heterocycles. The summed E-state index contributed by atoms with van der Waals surface area (Å²) < 4.78 is 29.9. The Balaban J connectivity index is 1.80. The SMILES string of the molecule is Cc1cc(-c2cc(Cl)cc3c2n(C)c(=O)n3CC(=O)Nc2ccc(F)cc2)cc(F)c1O. The minimum atomic E-state index is -0.795. The Bertz CT molecular complexity index is 1400. The molecule has 0 bridgehead atoms. The predicted molar refractivity (Wildman–Crippen MR) is 119 cm³/mol. The Hall–Kier alpha value is -3.65. The van der Waals surface area contributed by atoms with E-state index in [1.165, 1.54) is 33.4 Å². The lowest BCUT2D eigenvalue weighted by molar-refractivity contribution is -0.116. The molecule has 0 aliphatic rings. The fourth-order valence-electron chi connectivity index (χ4n) is 3.67. The highest BCUT2D eigenvalue weighted by atomic mass is 35.5. The summed E-state index contributed by atoms with van der Waals surface area (Å²) in [7, 11) is 1.54. The van der Waals surface area contributed by atoms with Gasteiger partial charge < -0.3 is 10.4 Å². The van der Waals surface area contributed by atoms with Gasteiger partial charge in [-0.3, -0.25) is 13.9 Å². The van der Waals surface area contributed by atoms with Crippen LogP contribution < -0.4 is 11.0 Å². The van der Waals surface area contributed by atoms with Crippen molar-refractivity contribution in [2.24, 2.45) is 7.05 Å². The molecule has 32 heavy (non-hydrogen) atoms. The van der Waals surface area contributed by atoms with Crippen LogP contribution in [-0.2, 0) is 18.4 Å². The molecule has 0 spiro atoms. The number of aromatic nitrogens is 2. The van der Waals surface area contributed by atoms with Crippen LogP contribution in [0.3, 0.4) is 0 Å². The van der Waals surface area contributed by atoms with Gasteiger partial charge in [-0.25, -0.2) is 13.6 Å². The fourth-order valence-corrected chi connectivity index (χ4v) is 3.88. The van der Waals surface area contributed by atoms with Crippen LogP contribution in [0.25, 0.3) is 22.2 Å². The standard InChI is InChI=1S/C23H18ClF2N3O3/c1-12-7-13(8-18(26)22(12)31)17-9-14(24)10-19-21(17)28(2)23(32)29(19)11-20(30)27-16-5-3-15(25)4-6-16/h3-10,31H,11H2,1-2H3,(H,27,30). The molecule has 1 aromatic heterocycles. The lowest BCUT2D eigenvalue weighted by Crippen LogP contribution is -2.28. The maximum atomic E-state index is 14.2. The third-order valence-electron chi connectivity index (χ3n) is 5.19. The summed E-state index contributed by atoms with van der Waals surface area (Å²) >= 11 is 6.30. The second kappa shape index (κ2) is 8.12. The number of nitrogens with zero attached hydrogens (tertiary/aromatic N) is 2. The van der Waals surface area contributed by atoms with Crippen molar-refractivity contribution in [2.45, 2.75) is 13.5 Å². The van der Waals surface area contributed by atoms with E-state index in [0.717, 1.165) is 6.07 Å². The lowest BCUT2D eigenvalue weighted by Gasteiger charge is -2.10. The summed E-state index contributed by atoms with van der Waals surface area (Å²) in [5.74, 6) is -2.16. The Morgan fingerprint density at radius 3 is 2.47 bits per heavy atom. The number of fused-ring (bicyclic) bond motifs is 1. The number of amides is 1. The van der Waals surface area contributed by atoms with Crippen LogP contribution in [0.1, 0.15) is 5.56 Å². The maximum Gasteiger partial charge on any atom is 0.329 e. The number of anilines is 1. The van der Waals surface area contributed by atoms with Crippen molar-refractivity contribution >= 4 is 34.2 Å². The number of benzene rings is 3. The molecule has 4 rings (SSSR count). The number of nitrogens with one attached hydrogen (secondary N) is 1. The summed E-state index contributed by atoms with van der Waals surface area (Å²) in [6.07, 6.45) is 0. The summed E-state index contributed by atoms with van der Waals surface area (Å²) in [5, 5.41) is 12.7. The molecule has 0 atom stereocenters. The molecule has 0 unspecified atom stereocenters. The first-order valence-electron chi connectivity index (χ1n) is 9.59. The van der Waals surface area contributed by atoms with Crippen LogP contribution in [0.15, 0.2) is 53.3 Å². The predicted octanol–water partition coefficient (Wildman–Crippen LogP) is 4.59. The van der Waals surface area contributed by atoms with Crippen molar-refractivity contribution in [3.63, 3.8) is 0 Å². The largest absolute Gasteiger partial charge is 0.505 e. The molecule has 4 aromatic rings. The van der Waals surface area contributed by atoms with E-state index >= 15 is 0 Å². The normalized spacial score (nSPS) is 11.2. The van der Waals surface area contributed by atoms with Crippen molar-refractivity contribution in [2.75, 3.05) is 5.32 Å². The van der Waals surface area contributed by atoms with E-state index in [9.17, 15) is 23.5 Å². The van der Waals surface area contributed by atoms with Crippen molar-refractivity contribution in [3.8, 4) is 16.9 Å². The number of hydrogen-bond donors (Lipinski definition) is 2. The van der Waals surface area contributed by atoms with E-state index in [2.05, 4.69) is 5.32 Å². The molecule has 0 saturated heterocycles. The van der Waals surface area contributed by atoms with Crippen molar-refractivity contribution in [1.29, 1.82) is 0 Å². The molecular weight excluding hydrogens is 440 g/mol. The zero-order chi connectivity index (χ0) is 23.2. The topological polar surface area (TPSA) is 76.3 Å². The zero-order valence-corrected chi connectivity index (χ0v) is 17.9. The minimum Gasteiger partial charge on any atom is -0.505 e. The number of phenols is 1. The molecule has 3 aromatic carbocycles. The number of halogens is 3. The average Bonchev–Trinajstić information content (AvgIpc) is 2.97. The van der Waals surface area contributed by atoms with Crippen molar-refractivity contribution < 1.29 is 18.7 Å². The van der Waals surface area contributed by atoms with Crippen LogP contribution in [0.5, 0.6) is 5.75 Å². The van der Waals surface area contributed by atoms with Crippen LogP contribution >= 0.6 is 11.6 Å². The third-order valence-corrected chi connectivity index (χ3v) is 5.41. The number of hydrogen-bond acceptors (Lipinski definition) is 3. The Kier molecular flexibility index (Phi) is 5.48. The molecule has 0 fully saturated rings. The van der Waals surface area contributed by atoms with Gasteiger partial charge in [0.1, 0.15) is 12.4 Å². The monoisotopic (exact) mass is 457 g/mol. The number of carbonyl (C=O) groups is 1. The Labute approximate surface area is 186 Å². The highest BCUT2D eigenvalue weighted by Crippen LogP contribution is 2.35. The molecule has 9 heteroatoms. The lowest BCUT2D eigenvalue weighted by atomic mass is 10.0. The van der Waals surface area contributed by atoms with Crippen LogP contribution in [-0.4, -0.2) is 20.1 Å². The van der Waals surface area contributed by atoms with E-state index in [0.29, 0.717) is 33.4 Å². The highest BCUT2D eigenvalue weighted by Gasteiger charge is 2.20. The van der Waals surface area contributed by atoms with Gasteiger partial charge >= 0.3 is 5.69 Å². The van der Waals surface area contributed by atoms with Crippen molar-refractivity contribution in [1.82, 2.24) is 9.13 Å². The average molecular weight is 458 g/mol. The highest BCUT2D eigenvalue weighted by molar-refractivity contribution is 6.31. The molecule has 0 saturated carbocycles. The smallest absolute Gasteiger partial charge is 0.329 e. The van der Waals surface area contributed by atoms with Gasteiger partial charge in [0.2, 0.25) is 5.91 Å². The van der Waals surface area contributed by atoms with E-state index in [4.69, 9.17) is 11.6 Å².